The number of nitrogens with zero attached hydrogens (tertiary/aromatic N) is 1. The lowest BCUT2D eigenvalue weighted by atomic mass is 10.1. The van der Waals surface area contributed by atoms with E-state index in [9.17, 15) is 4.79 Å². The third kappa shape index (κ3) is 4.72. The Balaban J connectivity index is 1.80. The number of nitrogens with one attached hydrogen (secondary N) is 2. The molecule has 1 saturated heterocycles. The Labute approximate surface area is 126 Å². The SMILES string of the molecule is CCN1CCC(CNC(C)c2ccc(NC(N)=O)cc2)C1. The van der Waals surface area contributed by atoms with Gasteiger partial charge in [0.05, 0.1) is 0 Å². The number of hydrogen-bond acceptors (Lipinski definition) is 3. The first-order valence-corrected chi connectivity index (χ1v) is 7.70. The van der Waals surface area contributed by atoms with Crippen LogP contribution in [0, 0.1) is 5.92 Å². The van der Waals surface area contributed by atoms with Gasteiger partial charge in [-0.2, -0.15) is 0 Å². The number of anilines is 1. The number of primary amides is 1. The molecule has 0 bridgehead atoms. The Bertz CT molecular complexity index is 460. The molecule has 1 aliphatic rings. The first-order chi connectivity index (χ1) is 10.1. The van der Waals surface area contributed by atoms with E-state index in [4.69, 9.17) is 5.73 Å². The Morgan fingerprint density at radius 1 is 1.43 bits per heavy atom. The second kappa shape index (κ2) is 7.43. The van der Waals surface area contributed by atoms with E-state index in [1.54, 1.807) is 0 Å². The molecule has 0 radical (unpaired) electrons. The molecule has 1 aromatic carbocycles. The lowest BCUT2D eigenvalue weighted by Crippen LogP contribution is -2.28. The molecule has 2 unspecified atom stereocenters. The summed E-state index contributed by atoms with van der Waals surface area (Å²) in [7, 11) is 0. The van der Waals surface area contributed by atoms with Gasteiger partial charge in [-0.15, -0.1) is 0 Å². The van der Waals surface area contributed by atoms with Gasteiger partial charge in [-0.1, -0.05) is 19.1 Å². The molecule has 1 aliphatic heterocycles. The number of amides is 2. The van der Waals surface area contributed by atoms with Crippen molar-refractivity contribution in [2.75, 3.05) is 31.5 Å². The molecule has 1 aromatic rings. The van der Waals surface area contributed by atoms with Gasteiger partial charge in [0.15, 0.2) is 0 Å². The molecular weight excluding hydrogens is 264 g/mol. The maximum absolute atomic E-state index is 10.8. The zero-order valence-electron chi connectivity index (χ0n) is 12.9. The summed E-state index contributed by atoms with van der Waals surface area (Å²) in [4.78, 5) is 13.3. The minimum absolute atomic E-state index is 0.309. The van der Waals surface area contributed by atoms with Crippen molar-refractivity contribution in [1.82, 2.24) is 10.2 Å². The van der Waals surface area contributed by atoms with E-state index >= 15 is 0 Å². The third-order valence-corrected chi connectivity index (χ3v) is 4.21. The maximum atomic E-state index is 10.8. The molecule has 1 heterocycles. The number of nitrogens with two attached hydrogens (primary N) is 1. The second-order valence-electron chi connectivity index (χ2n) is 5.79. The first-order valence-electron chi connectivity index (χ1n) is 7.70. The van der Waals surface area contributed by atoms with E-state index in [1.807, 2.05) is 24.3 Å². The van der Waals surface area contributed by atoms with E-state index in [1.165, 1.54) is 25.1 Å². The van der Waals surface area contributed by atoms with Gasteiger partial charge in [-0.05, 0) is 56.6 Å². The standard InChI is InChI=1S/C16H26N4O/c1-3-20-9-8-13(11-20)10-18-12(2)14-4-6-15(7-5-14)19-16(17)21/h4-7,12-13,18H,3,8-11H2,1-2H3,(H3,17,19,21). The highest BCUT2D eigenvalue weighted by Crippen LogP contribution is 2.19. The summed E-state index contributed by atoms with van der Waals surface area (Å²) in [5.74, 6) is 0.753. The van der Waals surface area contributed by atoms with Crippen LogP contribution in [0.25, 0.3) is 0 Å². The van der Waals surface area contributed by atoms with Crippen molar-refractivity contribution in [2.24, 2.45) is 11.7 Å². The van der Waals surface area contributed by atoms with Gasteiger partial charge in [0.1, 0.15) is 0 Å². The molecule has 116 valence electrons. The van der Waals surface area contributed by atoms with Crippen molar-refractivity contribution in [3.8, 4) is 0 Å². The van der Waals surface area contributed by atoms with Crippen LogP contribution in [0.5, 0.6) is 0 Å². The monoisotopic (exact) mass is 290 g/mol. The van der Waals surface area contributed by atoms with Crippen molar-refractivity contribution in [3.05, 3.63) is 29.8 Å². The second-order valence-corrected chi connectivity index (χ2v) is 5.79. The summed E-state index contributed by atoms with van der Waals surface area (Å²) in [6, 6.07) is 7.59. The molecular formula is C16H26N4O. The molecule has 1 fully saturated rings. The summed E-state index contributed by atoms with van der Waals surface area (Å²) >= 11 is 0. The van der Waals surface area contributed by atoms with Gasteiger partial charge in [0, 0.05) is 18.3 Å². The van der Waals surface area contributed by atoms with E-state index < -0.39 is 6.03 Å². The fraction of sp³-hybridized carbons (Fsp3) is 0.562. The van der Waals surface area contributed by atoms with Gasteiger partial charge in [0.25, 0.3) is 0 Å². The van der Waals surface area contributed by atoms with Crippen LogP contribution in [0.1, 0.15) is 31.9 Å². The van der Waals surface area contributed by atoms with Crippen molar-refractivity contribution in [3.63, 3.8) is 0 Å². The van der Waals surface area contributed by atoms with Crippen molar-refractivity contribution >= 4 is 11.7 Å². The molecule has 21 heavy (non-hydrogen) atoms. The number of likely N-dealkylation sites (tertiary alicyclic amines) is 1. The molecule has 4 N–H and O–H groups in total. The molecule has 0 spiro atoms. The predicted octanol–water partition coefficient (Wildman–Crippen LogP) is 2.17. The topological polar surface area (TPSA) is 70.4 Å². The Hall–Kier alpha value is -1.59. The van der Waals surface area contributed by atoms with Gasteiger partial charge in [0.2, 0.25) is 0 Å². The van der Waals surface area contributed by atoms with Crippen LogP contribution in [-0.4, -0.2) is 37.1 Å². The highest BCUT2D eigenvalue weighted by molar-refractivity contribution is 5.87. The number of carbonyl (C=O) groups excluding carboxylic acids is 1. The number of rotatable bonds is 6. The average molecular weight is 290 g/mol. The zero-order valence-corrected chi connectivity index (χ0v) is 12.9. The molecule has 5 heteroatoms. The quantitative estimate of drug-likeness (QED) is 0.752. The number of benzene rings is 1. The van der Waals surface area contributed by atoms with Crippen LogP contribution in [0.4, 0.5) is 10.5 Å². The third-order valence-electron chi connectivity index (χ3n) is 4.21. The molecule has 0 saturated carbocycles. The molecule has 2 amide bonds. The zero-order chi connectivity index (χ0) is 15.2. The Morgan fingerprint density at radius 3 is 2.71 bits per heavy atom. The van der Waals surface area contributed by atoms with Crippen LogP contribution in [-0.2, 0) is 0 Å². The minimum Gasteiger partial charge on any atom is -0.351 e. The Morgan fingerprint density at radius 2 is 2.14 bits per heavy atom. The highest BCUT2D eigenvalue weighted by Gasteiger charge is 2.21. The largest absolute Gasteiger partial charge is 0.351 e. The summed E-state index contributed by atoms with van der Waals surface area (Å²) in [5, 5.41) is 6.18. The van der Waals surface area contributed by atoms with Gasteiger partial charge in [-0.25, -0.2) is 4.79 Å². The van der Waals surface area contributed by atoms with E-state index in [0.29, 0.717) is 6.04 Å². The van der Waals surface area contributed by atoms with Crippen LogP contribution in [0.3, 0.4) is 0 Å². The summed E-state index contributed by atoms with van der Waals surface area (Å²) in [6.07, 6.45) is 1.29. The summed E-state index contributed by atoms with van der Waals surface area (Å²) in [6.45, 7) is 9.03. The molecule has 5 nitrogen and oxygen atoms in total. The highest BCUT2D eigenvalue weighted by atomic mass is 16.2. The van der Waals surface area contributed by atoms with Crippen LogP contribution >= 0.6 is 0 Å². The average Bonchev–Trinajstić information content (AvgIpc) is 2.93. The van der Waals surface area contributed by atoms with Gasteiger partial charge < -0.3 is 21.3 Å². The van der Waals surface area contributed by atoms with E-state index in [0.717, 1.165) is 24.7 Å². The smallest absolute Gasteiger partial charge is 0.316 e. The maximum Gasteiger partial charge on any atom is 0.316 e. The van der Waals surface area contributed by atoms with Gasteiger partial charge >= 0.3 is 6.03 Å². The van der Waals surface area contributed by atoms with Gasteiger partial charge in [-0.3, -0.25) is 0 Å². The summed E-state index contributed by atoms with van der Waals surface area (Å²) in [5.41, 5.74) is 7.04. The summed E-state index contributed by atoms with van der Waals surface area (Å²) < 4.78 is 0. The van der Waals surface area contributed by atoms with Crippen LogP contribution in [0.15, 0.2) is 24.3 Å². The van der Waals surface area contributed by atoms with E-state index in [-0.39, 0.29) is 0 Å². The van der Waals surface area contributed by atoms with Crippen LogP contribution < -0.4 is 16.4 Å². The number of hydrogen-bond donors (Lipinski definition) is 3. The molecule has 0 aliphatic carbocycles. The normalized spacial score (nSPS) is 20.4. The molecule has 2 atom stereocenters. The minimum atomic E-state index is -0.532. The lowest BCUT2D eigenvalue weighted by Gasteiger charge is -2.18. The Kier molecular flexibility index (Phi) is 5.59. The van der Waals surface area contributed by atoms with Crippen LogP contribution in [0.2, 0.25) is 0 Å². The lowest BCUT2D eigenvalue weighted by molar-refractivity contribution is 0.259. The van der Waals surface area contributed by atoms with E-state index in [2.05, 4.69) is 29.4 Å². The number of carbonyl (C=O) groups is 1. The first kappa shape index (κ1) is 15.8. The fourth-order valence-electron chi connectivity index (χ4n) is 2.83. The fourth-order valence-corrected chi connectivity index (χ4v) is 2.83. The van der Waals surface area contributed by atoms with Crippen molar-refractivity contribution in [1.29, 1.82) is 0 Å². The molecule has 0 aromatic heterocycles. The van der Waals surface area contributed by atoms with Crippen molar-refractivity contribution in [2.45, 2.75) is 26.3 Å². The predicted molar refractivity (Wildman–Crippen MR) is 86.3 cm³/mol. The number of urea groups is 1. The van der Waals surface area contributed by atoms with Crippen molar-refractivity contribution < 1.29 is 4.79 Å². The molecule has 2 rings (SSSR count).